The summed E-state index contributed by atoms with van der Waals surface area (Å²) in [6, 6.07) is 3.81. The van der Waals surface area contributed by atoms with Crippen molar-refractivity contribution in [3.63, 3.8) is 0 Å². The van der Waals surface area contributed by atoms with Gasteiger partial charge in [0.2, 0.25) is 0 Å². The summed E-state index contributed by atoms with van der Waals surface area (Å²) in [5, 5.41) is 2.01. The minimum atomic E-state index is -0.0861. The molecule has 0 atom stereocenters. The highest BCUT2D eigenvalue weighted by Gasteiger charge is 2.17. The van der Waals surface area contributed by atoms with Crippen molar-refractivity contribution >= 4 is 33.2 Å². The van der Waals surface area contributed by atoms with Gasteiger partial charge in [-0.1, -0.05) is 0 Å². The van der Waals surface area contributed by atoms with Crippen LogP contribution in [0.3, 0.4) is 0 Å². The van der Waals surface area contributed by atoms with E-state index in [0.29, 0.717) is 12.3 Å². The van der Waals surface area contributed by atoms with Crippen molar-refractivity contribution in [2.24, 2.45) is 0 Å². The van der Waals surface area contributed by atoms with Gasteiger partial charge in [0.15, 0.2) is 5.76 Å². The lowest BCUT2D eigenvalue weighted by molar-refractivity contribution is 0.0754. The lowest BCUT2D eigenvalue weighted by Gasteiger charge is -2.14. The van der Waals surface area contributed by atoms with E-state index in [4.69, 9.17) is 4.42 Å². The molecule has 17 heavy (non-hydrogen) atoms. The Morgan fingerprint density at radius 2 is 2.35 bits per heavy atom. The number of nitrogens with zero attached hydrogens (tertiary/aromatic N) is 1. The van der Waals surface area contributed by atoms with Crippen LogP contribution >= 0.6 is 27.3 Å². The van der Waals surface area contributed by atoms with Crippen molar-refractivity contribution in [1.29, 1.82) is 0 Å². The highest BCUT2D eigenvalue weighted by molar-refractivity contribution is 9.10. The van der Waals surface area contributed by atoms with E-state index in [1.54, 1.807) is 29.4 Å². The Balaban J connectivity index is 2.08. The molecule has 0 aliphatic carbocycles. The van der Waals surface area contributed by atoms with Crippen molar-refractivity contribution in [3.8, 4) is 0 Å². The van der Waals surface area contributed by atoms with E-state index in [0.717, 1.165) is 14.9 Å². The summed E-state index contributed by atoms with van der Waals surface area (Å²) in [6.07, 6.45) is 1.54. The first kappa shape index (κ1) is 12.4. The number of furan rings is 1. The molecule has 0 spiro atoms. The van der Waals surface area contributed by atoms with E-state index >= 15 is 0 Å². The second kappa shape index (κ2) is 5.06. The molecule has 0 aromatic carbocycles. The van der Waals surface area contributed by atoms with Crippen molar-refractivity contribution in [3.05, 3.63) is 44.4 Å². The van der Waals surface area contributed by atoms with Gasteiger partial charge in [-0.2, -0.15) is 0 Å². The van der Waals surface area contributed by atoms with Gasteiger partial charge in [-0.15, -0.1) is 11.3 Å². The van der Waals surface area contributed by atoms with Crippen LogP contribution in [0, 0.1) is 6.92 Å². The maximum Gasteiger partial charge on any atom is 0.289 e. The molecule has 0 fully saturated rings. The van der Waals surface area contributed by atoms with Gasteiger partial charge in [-0.05, 0) is 35.0 Å². The van der Waals surface area contributed by atoms with Gasteiger partial charge in [0.1, 0.15) is 0 Å². The largest absolute Gasteiger partial charge is 0.459 e. The third kappa shape index (κ3) is 2.79. The summed E-state index contributed by atoms with van der Waals surface area (Å²) in [5.74, 6) is 0.333. The number of hydrogen-bond donors (Lipinski definition) is 0. The minimum Gasteiger partial charge on any atom is -0.459 e. The predicted octanol–water partition coefficient (Wildman–Crippen LogP) is 3.68. The van der Waals surface area contributed by atoms with Crippen molar-refractivity contribution in [2.45, 2.75) is 13.5 Å². The topological polar surface area (TPSA) is 33.5 Å². The molecule has 0 radical (unpaired) electrons. The molecule has 0 N–H and O–H groups in total. The molecule has 0 saturated heterocycles. The highest BCUT2D eigenvalue weighted by Crippen LogP contribution is 2.21. The molecule has 0 saturated carbocycles. The number of carbonyl (C=O) groups is 1. The molecule has 90 valence electrons. The van der Waals surface area contributed by atoms with Gasteiger partial charge < -0.3 is 9.32 Å². The smallest absolute Gasteiger partial charge is 0.289 e. The van der Waals surface area contributed by atoms with Gasteiger partial charge in [0, 0.05) is 27.3 Å². The average Bonchev–Trinajstić information content (AvgIpc) is 2.86. The first-order chi connectivity index (χ1) is 8.08. The number of halogens is 1. The molecule has 2 aromatic rings. The Hall–Kier alpha value is -1.07. The Morgan fingerprint density at radius 3 is 2.88 bits per heavy atom. The molecular weight excluding hydrogens is 302 g/mol. The van der Waals surface area contributed by atoms with Crippen LogP contribution < -0.4 is 0 Å². The minimum absolute atomic E-state index is 0.0861. The van der Waals surface area contributed by atoms with E-state index in [9.17, 15) is 4.79 Å². The molecule has 2 rings (SSSR count). The Morgan fingerprint density at radius 1 is 1.59 bits per heavy atom. The number of aryl methyl sites for hydroxylation is 1. The molecule has 0 aliphatic heterocycles. The van der Waals surface area contributed by atoms with E-state index in [-0.39, 0.29) is 5.91 Å². The summed E-state index contributed by atoms with van der Waals surface area (Å²) in [5.41, 5.74) is 0.870. The van der Waals surface area contributed by atoms with Crippen LogP contribution in [-0.4, -0.2) is 17.9 Å². The van der Waals surface area contributed by atoms with E-state index in [1.165, 1.54) is 6.26 Å². The third-order valence-electron chi connectivity index (χ3n) is 2.42. The van der Waals surface area contributed by atoms with Crippen LogP contribution in [0.1, 0.15) is 21.0 Å². The van der Waals surface area contributed by atoms with E-state index in [2.05, 4.69) is 15.9 Å². The Labute approximate surface area is 112 Å². The monoisotopic (exact) mass is 313 g/mol. The summed E-state index contributed by atoms with van der Waals surface area (Å²) in [4.78, 5) is 14.9. The standard InChI is InChI=1S/C12H12BrNO2S/c1-8-3-4-16-11(8)12(15)14(2)6-10-5-9(13)7-17-10/h3-5,7H,6H2,1-2H3. The molecule has 3 nitrogen and oxygen atoms in total. The van der Waals surface area contributed by atoms with E-state index in [1.807, 2.05) is 18.4 Å². The fourth-order valence-electron chi connectivity index (χ4n) is 1.51. The molecule has 0 aliphatic rings. The zero-order chi connectivity index (χ0) is 12.4. The summed E-state index contributed by atoms with van der Waals surface area (Å²) < 4.78 is 6.24. The van der Waals surface area contributed by atoms with Crippen LogP contribution in [0.4, 0.5) is 0 Å². The van der Waals surface area contributed by atoms with Gasteiger partial charge in [0.05, 0.1) is 12.8 Å². The number of carbonyl (C=O) groups excluding carboxylic acids is 1. The number of rotatable bonds is 3. The predicted molar refractivity (Wildman–Crippen MR) is 71.3 cm³/mol. The van der Waals surface area contributed by atoms with E-state index < -0.39 is 0 Å². The Bertz CT molecular complexity index is 532. The first-order valence-electron chi connectivity index (χ1n) is 5.10. The molecule has 0 bridgehead atoms. The molecule has 5 heteroatoms. The van der Waals surface area contributed by atoms with Gasteiger partial charge >= 0.3 is 0 Å². The van der Waals surface area contributed by atoms with Crippen LogP contribution in [0.2, 0.25) is 0 Å². The number of thiophene rings is 1. The lowest BCUT2D eigenvalue weighted by atomic mass is 10.2. The SMILES string of the molecule is Cc1ccoc1C(=O)N(C)Cc1cc(Br)cs1. The molecule has 2 heterocycles. The molecule has 2 aromatic heterocycles. The van der Waals surface area contributed by atoms with Gasteiger partial charge in [-0.3, -0.25) is 4.79 Å². The second-order valence-electron chi connectivity index (χ2n) is 3.83. The van der Waals surface area contributed by atoms with Crippen LogP contribution in [0.5, 0.6) is 0 Å². The van der Waals surface area contributed by atoms with Crippen molar-refractivity contribution in [2.75, 3.05) is 7.05 Å². The highest BCUT2D eigenvalue weighted by atomic mass is 79.9. The zero-order valence-corrected chi connectivity index (χ0v) is 12.0. The maximum atomic E-state index is 12.1. The Kier molecular flexibility index (Phi) is 3.69. The van der Waals surface area contributed by atoms with Crippen LogP contribution in [0.15, 0.2) is 32.7 Å². The third-order valence-corrected chi connectivity index (χ3v) is 4.10. The number of hydrogen-bond acceptors (Lipinski definition) is 3. The maximum absolute atomic E-state index is 12.1. The normalized spacial score (nSPS) is 10.5. The quantitative estimate of drug-likeness (QED) is 0.866. The number of amides is 1. The van der Waals surface area contributed by atoms with Crippen LogP contribution in [0.25, 0.3) is 0 Å². The van der Waals surface area contributed by atoms with Gasteiger partial charge in [-0.25, -0.2) is 0 Å². The van der Waals surface area contributed by atoms with Gasteiger partial charge in [0.25, 0.3) is 5.91 Å². The molecule has 0 unspecified atom stereocenters. The lowest BCUT2D eigenvalue weighted by Crippen LogP contribution is -2.25. The van der Waals surface area contributed by atoms with Crippen molar-refractivity contribution < 1.29 is 9.21 Å². The summed E-state index contributed by atoms with van der Waals surface area (Å²) in [6.45, 7) is 2.46. The fourth-order valence-corrected chi connectivity index (χ4v) is 3.01. The summed E-state index contributed by atoms with van der Waals surface area (Å²) >= 11 is 5.02. The first-order valence-corrected chi connectivity index (χ1v) is 6.77. The fraction of sp³-hybridized carbons (Fsp3) is 0.250. The zero-order valence-electron chi connectivity index (χ0n) is 9.57. The van der Waals surface area contributed by atoms with Crippen molar-refractivity contribution in [1.82, 2.24) is 4.90 Å². The second-order valence-corrected chi connectivity index (χ2v) is 5.74. The molecule has 1 amide bonds. The molecular formula is C12H12BrNO2S. The van der Waals surface area contributed by atoms with Crippen LogP contribution in [-0.2, 0) is 6.54 Å². The summed E-state index contributed by atoms with van der Waals surface area (Å²) in [7, 11) is 1.78. The average molecular weight is 314 g/mol.